The number of aliphatic hydroxyl groups is 1. The molecule has 3 rings (SSSR count). The summed E-state index contributed by atoms with van der Waals surface area (Å²) in [6.07, 6.45) is 1.74. The Labute approximate surface area is 147 Å². The number of rotatable bonds is 6. The number of nitrogens with zero attached hydrogens (tertiary/aromatic N) is 3. The maximum Gasteiger partial charge on any atom is 0.134 e. The van der Waals surface area contributed by atoms with Crippen molar-refractivity contribution in [1.29, 1.82) is 0 Å². The normalized spacial score (nSPS) is 17.3. The summed E-state index contributed by atoms with van der Waals surface area (Å²) in [5.74, 6) is 3.99. The predicted molar refractivity (Wildman–Crippen MR) is 101 cm³/mol. The van der Waals surface area contributed by atoms with Crippen molar-refractivity contribution >= 4 is 23.4 Å². The van der Waals surface area contributed by atoms with Gasteiger partial charge in [0.2, 0.25) is 0 Å². The zero-order valence-corrected chi connectivity index (χ0v) is 14.7. The minimum absolute atomic E-state index is 0.0927. The highest BCUT2D eigenvalue weighted by Gasteiger charge is 2.17. The summed E-state index contributed by atoms with van der Waals surface area (Å²) in [5, 5.41) is 13.7. The van der Waals surface area contributed by atoms with Crippen molar-refractivity contribution in [3.05, 3.63) is 48.3 Å². The van der Waals surface area contributed by atoms with Gasteiger partial charge in [-0.3, -0.25) is 0 Å². The molecule has 128 valence electrons. The van der Waals surface area contributed by atoms with Gasteiger partial charge in [0.1, 0.15) is 18.0 Å². The Kier molecular flexibility index (Phi) is 5.93. The molecule has 1 aliphatic heterocycles. The summed E-state index contributed by atoms with van der Waals surface area (Å²) in [6, 6.07) is 11.9. The number of aromatic nitrogens is 2. The highest BCUT2D eigenvalue weighted by atomic mass is 32.2. The summed E-state index contributed by atoms with van der Waals surface area (Å²) in [7, 11) is 0. The van der Waals surface area contributed by atoms with Crippen LogP contribution in [0.4, 0.5) is 11.6 Å². The lowest BCUT2D eigenvalue weighted by Gasteiger charge is -2.28. The minimum Gasteiger partial charge on any atom is -0.391 e. The molecule has 24 heavy (non-hydrogen) atoms. The topological polar surface area (TPSA) is 61.3 Å². The first-order valence-corrected chi connectivity index (χ1v) is 9.51. The average molecular weight is 344 g/mol. The molecule has 2 aromatic rings. The SMILES string of the molecule is C[C@@H](Nc1cc(N2CCSCC2)ncn1)[C@H](O)Cc1ccccc1. The molecule has 2 heterocycles. The molecule has 0 radical (unpaired) electrons. The van der Waals surface area contributed by atoms with Crippen LogP contribution in [0, 0.1) is 0 Å². The van der Waals surface area contributed by atoms with Gasteiger partial charge in [-0.1, -0.05) is 30.3 Å². The summed E-state index contributed by atoms with van der Waals surface area (Å²) >= 11 is 1.98. The van der Waals surface area contributed by atoms with E-state index >= 15 is 0 Å². The molecule has 1 aliphatic rings. The number of nitrogens with one attached hydrogen (secondary N) is 1. The molecule has 0 spiro atoms. The zero-order valence-electron chi connectivity index (χ0n) is 13.9. The largest absolute Gasteiger partial charge is 0.391 e. The number of anilines is 2. The first kappa shape index (κ1) is 17.0. The van der Waals surface area contributed by atoms with Gasteiger partial charge < -0.3 is 15.3 Å². The average Bonchev–Trinajstić information content (AvgIpc) is 2.63. The lowest BCUT2D eigenvalue weighted by atomic mass is 10.0. The van der Waals surface area contributed by atoms with Crippen LogP contribution in [0.2, 0.25) is 0 Å². The van der Waals surface area contributed by atoms with E-state index in [1.807, 2.05) is 55.1 Å². The third-order valence-electron chi connectivity index (χ3n) is 4.23. The van der Waals surface area contributed by atoms with Crippen LogP contribution in [0.3, 0.4) is 0 Å². The van der Waals surface area contributed by atoms with E-state index in [9.17, 15) is 5.11 Å². The van der Waals surface area contributed by atoms with Crippen LogP contribution in [0.5, 0.6) is 0 Å². The fourth-order valence-corrected chi connectivity index (χ4v) is 3.66. The van der Waals surface area contributed by atoms with Crippen LogP contribution >= 0.6 is 11.8 Å². The lowest BCUT2D eigenvalue weighted by Crippen LogP contribution is -2.34. The van der Waals surface area contributed by atoms with E-state index in [4.69, 9.17) is 0 Å². The van der Waals surface area contributed by atoms with Crippen molar-refractivity contribution in [3.8, 4) is 0 Å². The molecule has 0 unspecified atom stereocenters. The van der Waals surface area contributed by atoms with Gasteiger partial charge in [-0.15, -0.1) is 0 Å². The van der Waals surface area contributed by atoms with Crippen molar-refractivity contribution in [2.75, 3.05) is 34.8 Å². The molecule has 6 heteroatoms. The minimum atomic E-state index is -0.475. The van der Waals surface area contributed by atoms with Gasteiger partial charge in [0, 0.05) is 37.1 Å². The highest BCUT2D eigenvalue weighted by Crippen LogP contribution is 2.19. The summed E-state index contributed by atoms with van der Waals surface area (Å²) in [6.45, 7) is 4.02. The van der Waals surface area contributed by atoms with E-state index in [0.717, 1.165) is 41.8 Å². The van der Waals surface area contributed by atoms with Gasteiger partial charge in [0.15, 0.2) is 0 Å². The molecular formula is C18H24N4OS. The second kappa shape index (κ2) is 8.35. The van der Waals surface area contributed by atoms with Crippen LogP contribution < -0.4 is 10.2 Å². The van der Waals surface area contributed by atoms with Gasteiger partial charge >= 0.3 is 0 Å². The van der Waals surface area contributed by atoms with Crippen molar-refractivity contribution in [3.63, 3.8) is 0 Å². The van der Waals surface area contributed by atoms with Gasteiger partial charge in [0.05, 0.1) is 12.1 Å². The van der Waals surface area contributed by atoms with Crippen molar-refractivity contribution in [2.24, 2.45) is 0 Å². The fourth-order valence-electron chi connectivity index (χ4n) is 2.75. The molecule has 1 aromatic carbocycles. The smallest absolute Gasteiger partial charge is 0.134 e. The Morgan fingerprint density at radius 1 is 1.21 bits per heavy atom. The molecular weight excluding hydrogens is 320 g/mol. The second-order valence-corrected chi connectivity index (χ2v) is 7.28. The Morgan fingerprint density at radius 3 is 2.71 bits per heavy atom. The first-order valence-electron chi connectivity index (χ1n) is 8.35. The highest BCUT2D eigenvalue weighted by molar-refractivity contribution is 7.99. The van der Waals surface area contributed by atoms with Gasteiger partial charge in [-0.05, 0) is 12.5 Å². The molecule has 0 bridgehead atoms. The van der Waals surface area contributed by atoms with Crippen LogP contribution in [0.15, 0.2) is 42.7 Å². The Morgan fingerprint density at radius 2 is 1.96 bits per heavy atom. The van der Waals surface area contributed by atoms with Crippen molar-refractivity contribution in [1.82, 2.24) is 9.97 Å². The quantitative estimate of drug-likeness (QED) is 0.839. The molecule has 5 nitrogen and oxygen atoms in total. The van der Waals surface area contributed by atoms with Crippen LogP contribution in [-0.4, -0.2) is 51.8 Å². The lowest BCUT2D eigenvalue weighted by molar-refractivity contribution is 0.158. The molecule has 1 fully saturated rings. The van der Waals surface area contributed by atoms with E-state index in [1.54, 1.807) is 6.33 Å². The van der Waals surface area contributed by atoms with Crippen molar-refractivity contribution < 1.29 is 5.11 Å². The standard InChI is InChI=1S/C18H24N4OS/c1-14(16(23)11-15-5-3-2-4-6-15)21-17-12-18(20-13-19-17)22-7-9-24-10-8-22/h2-6,12-14,16,23H,7-11H2,1H3,(H,19,20,21)/t14-,16-/m1/s1. The van der Waals surface area contributed by atoms with E-state index in [2.05, 4.69) is 20.2 Å². The van der Waals surface area contributed by atoms with Crippen molar-refractivity contribution in [2.45, 2.75) is 25.5 Å². The zero-order chi connectivity index (χ0) is 16.8. The van der Waals surface area contributed by atoms with Crippen LogP contribution in [0.25, 0.3) is 0 Å². The van der Waals surface area contributed by atoms with E-state index < -0.39 is 6.10 Å². The molecule has 0 amide bonds. The van der Waals surface area contributed by atoms with E-state index in [0.29, 0.717) is 6.42 Å². The Bertz CT molecular complexity index is 634. The van der Waals surface area contributed by atoms with Gasteiger partial charge in [-0.25, -0.2) is 9.97 Å². The predicted octanol–water partition coefficient (Wildman–Crippen LogP) is 2.43. The number of hydrogen-bond acceptors (Lipinski definition) is 6. The van der Waals surface area contributed by atoms with E-state index in [-0.39, 0.29) is 6.04 Å². The second-order valence-electron chi connectivity index (χ2n) is 6.05. The van der Waals surface area contributed by atoms with E-state index in [1.165, 1.54) is 0 Å². The fraction of sp³-hybridized carbons (Fsp3) is 0.444. The molecule has 1 saturated heterocycles. The number of aliphatic hydroxyl groups excluding tert-OH is 1. The molecule has 0 saturated carbocycles. The van der Waals surface area contributed by atoms with Gasteiger partial charge in [-0.2, -0.15) is 11.8 Å². The summed E-state index contributed by atoms with van der Waals surface area (Å²) < 4.78 is 0. The monoisotopic (exact) mass is 344 g/mol. The summed E-state index contributed by atoms with van der Waals surface area (Å²) in [5.41, 5.74) is 1.13. The number of thioether (sulfide) groups is 1. The molecule has 1 aromatic heterocycles. The van der Waals surface area contributed by atoms with Gasteiger partial charge in [0.25, 0.3) is 0 Å². The van der Waals surface area contributed by atoms with Crippen LogP contribution in [-0.2, 0) is 6.42 Å². The molecule has 0 aliphatic carbocycles. The Balaban J connectivity index is 1.60. The number of hydrogen-bond donors (Lipinski definition) is 2. The maximum atomic E-state index is 10.4. The molecule has 2 atom stereocenters. The number of benzene rings is 1. The summed E-state index contributed by atoms with van der Waals surface area (Å²) in [4.78, 5) is 11.0. The maximum absolute atomic E-state index is 10.4. The van der Waals surface area contributed by atoms with Crippen LogP contribution in [0.1, 0.15) is 12.5 Å². The first-order chi connectivity index (χ1) is 11.7. The third-order valence-corrected chi connectivity index (χ3v) is 5.17. The Hall–Kier alpha value is -1.79. The third kappa shape index (κ3) is 4.61. The molecule has 2 N–H and O–H groups in total.